The number of carboxylic acids is 1. The number of nitrogens with zero attached hydrogens (tertiary/aromatic N) is 3. The predicted octanol–water partition coefficient (Wildman–Crippen LogP) is 2.60. The lowest BCUT2D eigenvalue weighted by molar-refractivity contribution is -0.139. The third kappa shape index (κ3) is 3.08. The Morgan fingerprint density at radius 2 is 2.15 bits per heavy atom. The van der Waals surface area contributed by atoms with Gasteiger partial charge in [-0.1, -0.05) is 20.8 Å². The average Bonchev–Trinajstić information content (AvgIpc) is 2.37. The van der Waals surface area contributed by atoms with Gasteiger partial charge in [0.2, 0.25) is 0 Å². The average molecular weight is 277 g/mol. The van der Waals surface area contributed by atoms with Gasteiger partial charge >= 0.3 is 5.97 Å². The molecule has 0 aromatic carbocycles. The Bertz CT molecular complexity index is 502. The van der Waals surface area contributed by atoms with Crippen molar-refractivity contribution < 1.29 is 9.90 Å². The molecular formula is C15H23N3O2. The van der Waals surface area contributed by atoms with Crippen molar-refractivity contribution in [2.75, 3.05) is 11.4 Å². The van der Waals surface area contributed by atoms with E-state index in [4.69, 9.17) is 0 Å². The first-order valence-corrected chi connectivity index (χ1v) is 7.23. The third-order valence-corrected chi connectivity index (χ3v) is 3.82. The summed E-state index contributed by atoms with van der Waals surface area (Å²) in [5.74, 6) is 1.45. The highest BCUT2D eigenvalue weighted by molar-refractivity contribution is 5.78. The van der Waals surface area contributed by atoms with Crippen LogP contribution in [0, 0.1) is 12.8 Å². The molecule has 0 bridgehead atoms. The van der Waals surface area contributed by atoms with Gasteiger partial charge in [-0.25, -0.2) is 14.8 Å². The molecule has 1 fully saturated rings. The molecule has 110 valence electrons. The molecule has 0 spiro atoms. The Hall–Kier alpha value is -1.65. The van der Waals surface area contributed by atoms with E-state index in [9.17, 15) is 9.90 Å². The van der Waals surface area contributed by atoms with Crippen LogP contribution in [0.3, 0.4) is 0 Å². The zero-order valence-electron chi connectivity index (χ0n) is 12.6. The topological polar surface area (TPSA) is 66.3 Å². The summed E-state index contributed by atoms with van der Waals surface area (Å²) in [4.78, 5) is 22.4. The molecule has 2 rings (SSSR count). The fourth-order valence-corrected chi connectivity index (χ4v) is 2.63. The first-order chi connectivity index (χ1) is 9.38. The van der Waals surface area contributed by atoms with E-state index in [1.165, 1.54) is 0 Å². The number of carboxylic acid groups (broad SMARTS) is 1. The summed E-state index contributed by atoms with van der Waals surface area (Å²) in [5.41, 5.74) is 0.890. The van der Waals surface area contributed by atoms with E-state index in [0.29, 0.717) is 12.3 Å². The second kappa shape index (κ2) is 5.77. The van der Waals surface area contributed by atoms with E-state index in [1.54, 1.807) is 0 Å². The monoisotopic (exact) mass is 277 g/mol. The molecule has 1 aromatic heterocycles. The minimum absolute atomic E-state index is 0.237. The minimum atomic E-state index is -0.765. The number of carbonyl (C=O) groups is 1. The van der Waals surface area contributed by atoms with Crippen LogP contribution >= 0.6 is 0 Å². The summed E-state index contributed by atoms with van der Waals surface area (Å²) in [6.07, 6.45) is 1.68. The van der Waals surface area contributed by atoms with Crippen molar-refractivity contribution in [2.24, 2.45) is 5.92 Å². The SMILES string of the molecule is Cc1cc(N2CCC(C)CC2C(=O)O)nc(C(C)C)n1. The van der Waals surface area contributed by atoms with Crippen molar-refractivity contribution in [2.45, 2.75) is 52.5 Å². The summed E-state index contributed by atoms with van der Waals surface area (Å²) in [5, 5.41) is 9.45. The van der Waals surface area contributed by atoms with Crippen LogP contribution in [0.25, 0.3) is 0 Å². The standard InChI is InChI=1S/C15H23N3O2/c1-9(2)14-16-11(4)8-13(17-14)18-6-5-10(3)7-12(18)15(19)20/h8-10,12H,5-7H2,1-4H3,(H,19,20). The van der Waals surface area contributed by atoms with Crippen LogP contribution in [0.1, 0.15) is 51.0 Å². The molecule has 0 saturated carbocycles. The maximum atomic E-state index is 11.5. The lowest BCUT2D eigenvalue weighted by Crippen LogP contribution is -2.47. The Kier molecular flexibility index (Phi) is 4.26. The number of hydrogen-bond donors (Lipinski definition) is 1. The molecule has 1 aromatic rings. The number of piperidine rings is 1. The van der Waals surface area contributed by atoms with Crippen LogP contribution in [0.15, 0.2) is 6.07 Å². The molecule has 1 saturated heterocycles. The summed E-state index contributed by atoms with van der Waals surface area (Å²) < 4.78 is 0. The van der Waals surface area contributed by atoms with Crippen molar-refractivity contribution in [3.8, 4) is 0 Å². The number of anilines is 1. The lowest BCUT2D eigenvalue weighted by atomic mass is 9.92. The molecule has 0 aliphatic carbocycles. The Morgan fingerprint density at radius 1 is 1.45 bits per heavy atom. The Morgan fingerprint density at radius 3 is 2.75 bits per heavy atom. The summed E-state index contributed by atoms with van der Waals surface area (Å²) in [7, 11) is 0. The van der Waals surface area contributed by atoms with Crippen molar-refractivity contribution in [3.05, 3.63) is 17.6 Å². The van der Waals surface area contributed by atoms with Gasteiger partial charge in [-0.15, -0.1) is 0 Å². The Labute approximate surface area is 120 Å². The van der Waals surface area contributed by atoms with Crippen molar-refractivity contribution >= 4 is 11.8 Å². The van der Waals surface area contributed by atoms with Crippen LogP contribution in [-0.2, 0) is 4.79 Å². The van der Waals surface area contributed by atoms with Crippen LogP contribution in [0.4, 0.5) is 5.82 Å². The normalized spacial score (nSPS) is 23.1. The van der Waals surface area contributed by atoms with Crippen molar-refractivity contribution in [1.29, 1.82) is 0 Å². The van der Waals surface area contributed by atoms with E-state index < -0.39 is 12.0 Å². The highest BCUT2D eigenvalue weighted by Crippen LogP contribution is 2.28. The second-order valence-corrected chi connectivity index (χ2v) is 6.06. The van der Waals surface area contributed by atoms with Gasteiger partial charge in [-0.2, -0.15) is 0 Å². The molecule has 1 N–H and O–H groups in total. The molecule has 2 heterocycles. The highest BCUT2D eigenvalue weighted by atomic mass is 16.4. The fourth-order valence-electron chi connectivity index (χ4n) is 2.63. The first kappa shape index (κ1) is 14.8. The minimum Gasteiger partial charge on any atom is -0.480 e. The van der Waals surface area contributed by atoms with Gasteiger partial charge in [0.15, 0.2) is 0 Å². The largest absolute Gasteiger partial charge is 0.480 e. The smallest absolute Gasteiger partial charge is 0.326 e. The molecule has 5 heteroatoms. The van der Waals surface area contributed by atoms with Gasteiger partial charge < -0.3 is 10.0 Å². The van der Waals surface area contributed by atoms with E-state index in [2.05, 4.69) is 16.9 Å². The Balaban J connectivity index is 2.35. The van der Waals surface area contributed by atoms with Gasteiger partial charge in [-0.05, 0) is 25.7 Å². The van der Waals surface area contributed by atoms with Crippen LogP contribution in [0.2, 0.25) is 0 Å². The van der Waals surface area contributed by atoms with Crippen molar-refractivity contribution in [1.82, 2.24) is 9.97 Å². The number of aromatic nitrogens is 2. The molecular weight excluding hydrogens is 254 g/mol. The fraction of sp³-hybridized carbons (Fsp3) is 0.667. The van der Waals surface area contributed by atoms with E-state index >= 15 is 0 Å². The molecule has 0 amide bonds. The van der Waals surface area contributed by atoms with Crippen LogP contribution in [0.5, 0.6) is 0 Å². The number of aryl methyl sites for hydroxylation is 1. The zero-order valence-corrected chi connectivity index (χ0v) is 12.6. The van der Waals surface area contributed by atoms with Gasteiger partial charge in [0.1, 0.15) is 17.7 Å². The van der Waals surface area contributed by atoms with Gasteiger partial charge in [-0.3, -0.25) is 0 Å². The first-order valence-electron chi connectivity index (χ1n) is 7.23. The molecule has 1 aliphatic heterocycles. The van der Waals surface area contributed by atoms with Crippen LogP contribution < -0.4 is 4.90 Å². The molecule has 5 nitrogen and oxygen atoms in total. The molecule has 1 aliphatic rings. The van der Waals surface area contributed by atoms with E-state index in [1.807, 2.05) is 31.7 Å². The zero-order chi connectivity index (χ0) is 14.9. The molecule has 2 unspecified atom stereocenters. The van der Waals surface area contributed by atoms with E-state index in [-0.39, 0.29) is 5.92 Å². The van der Waals surface area contributed by atoms with Gasteiger partial charge in [0.05, 0.1) is 0 Å². The third-order valence-electron chi connectivity index (χ3n) is 3.82. The van der Waals surface area contributed by atoms with E-state index in [0.717, 1.165) is 30.3 Å². The van der Waals surface area contributed by atoms with Gasteiger partial charge in [0, 0.05) is 24.2 Å². The second-order valence-electron chi connectivity index (χ2n) is 6.06. The molecule has 20 heavy (non-hydrogen) atoms. The summed E-state index contributed by atoms with van der Waals surface area (Å²) >= 11 is 0. The quantitative estimate of drug-likeness (QED) is 0.920. The molecule has 2 atom stereocenters. The lowest BCUT2D eigenvalue weighted by Gasteiger charge is -2.37. The number of hydrogen-bond acceptors (Lipinski definition) is 4. The predicted molar refractivity (Wildman–Crippen MR) is 78.0 cm³/mol. The maximum absolute atomic E-state index is 11.5. The summed E-state index contributed by atoms with van der Waals surface area (Å²) in [6, 6.07) is 1.41. The number of aliphatic carboxylic acids is 1. The summed E-state index contributed by atoms with van der Waals surface area (Å²) in [6.45, 7) is 8.88. The van der Waals surface area contributed by atoms with Crippen LogP contribution in [-0.4, -0.2) is 33.6 Å². The van der Waals surface area contributed by atoms with Gasteiger partial charge in [0.25, 0.3) is 0 Å². The highest BCUT2D eigenvalue weighted by Gasteiger charge is 2.32. The number of rotatable bonds is 3. The maximum Gasteiger partial charge on any atom is 0.326 e. The molecule has 0 radical (unpaired) electrons. The van der Waals surface area contributed by atoms with Crippen molar-refractivity contribution in [3.63, 3.8) is 0 Å².